The van der Waals surface area contributed by atoms with Gasteiger partial charge in [0.05, 0.1) is 18.7 Å². The van der Waals surface area contributed by atoms with Gasteiger partial charge in [-0.25, -0.2) is 4.39 Å². The molecule has 0 unspecified atom stereocenters. The molecule has 7 heteroatoms. The van der Waals surface area contributed by atoms with E-state index in [-0.39, 0.29) is 23.9 Å². The zero-order chi connectivity index (χ0) is 25.2. The van der Waals surface area contributed by atoms with Gasteiger partial charge in [0.25, 0.3) is 5.91 Å². The molecule has 0 saturated carbocycles. The summed E-state index contributed by atoms with van der Waals surface area (Å²) in [6.45, 7) is 5.98. The van der Waals surface area contributed by atoms with Crippen molar-refractivity contribution >= 4 is 11.8 Å². The highest BCUT2D eigenvalue weighted by atomic mass is 19.1. The molecule has 0 N–H and O–H groups in total. The Morgan fingerprint density at radius 1 is 0.971 bits per heavy atom. The largest absolute Gasteiger partial charge is 0.383 e. The number of carbonyl (C=O) groups is 2. The SMILES string of the molecule is COCCN(Cc1cccn1Cc1ccccc1)C(=O)CN(CC(C)C)C(=O)c1ccccc1F. The van der Waals surface area contributed by atoms with E-state index in [1.165, 1.54) is 22.6 Å². The van der Waals surface area contributed by atoms with Gasteiger partial charge in [-0.15, -0.1) is 0 Å². The number of nitrogens with zero attached hydrogens (tertiary/aromatic N) is 3. The highest BCUT2D eigenvalue weighted by molar-refractivity contribution is 5.96. The molecular weight excluding hydrogens is 445 g/mol. The minimum atomic E-state index is -0.589. The molecule has 2 aromatic carbocycles. The predicted molar refractivity (Wildman–Crippen MR) is 134 cm³/mol. The van der Waals surface area contributed by atoms with Crippen LogP contribution in [-0.4, -0.2) is 59.5 Å². The summed E-state index contributed by atoms with van der Waals surface area (Å²) in [5, 5.41) is 0. The highest BCUT2D eigenvalue weighted by Crippen LogP contribution is 2.14. The Bertz CT molecular complexity index is 1100. The summed E-state index contributed by atoms with van der Waals surface area (Å²) in [7, 11) is 1.59. The summed E-state index contributed by atoms with van der Waals surface area (Å²) in [5.74, 6) is -1.16. The van der Waals surface area contributed by atoms with Crippen molar-refractivity contribution in [3.63, 3.8) is 0 Å². The molecule has 186 valence electrons. The van der Waals surface area contributed by atoms with Crippen molar-refractivity contribution in [2.75, 3.05) is 33.4 Å². The summed E-state index contributed by atoms with van der Waals surface area (Å²) in [6.07, 6.45) is 1.99. The molecule has 6 nitrogen and oxygen atoms in total. The number of halogens is 1. The molecule has 3 aromatic rings. The van der Waals surface area contributed by atoms with Crippen LogP contribution in [0, 0.1) is 11.7 Å². The molecule has 1 heterocycles. The van der Waals surface area contributed by atoms with E-state index in [1.54, 1.807) is 24.1 Å². The van der Waals surface area contributed by atoms with E-state index in [1.807, 2.05) is 50.4 Å². The second kappa shape index (κ2) is 12.9. The maximum Gasteiger partial charge on any atom is 0.257 e. The molecule has 0 spiro atoms. The van der Waals surface area contributed by atoms with Gasteiger partial charge in [-0.05, 0) is 35.7 Å². The minimum absolute atomic E-state index is 0.0267. The van der Waals surface area contributed by atoms with Crippen LogP contribution in [0.2, 0.25) is 0 Å². The standard InChI is InChI=1S/C28H34FN3O3/c1-22(2)18-32(28(34)25-13-7-8-14-26(25)29)21-27(33)31(16-17-35-3)20-24-12-9-15-30(24)19-23-10-5-4-6-11-23/h4-15,22H,16-21H2,1-3H3. The third kappa shape index (κ3) is 7.52. The van der Waals surface area contributed by atoms with Crippen LogP contribution in [0.15, 0.2) is 72.9 Å². The Kier molecular flexibility index (Phi) is 9.61. The topological polar surface area (TPSA) is 54.8 Å². The van der Waals surface area contributed by atoms with Crippen LogP contribution in [0.4, 0.5) is 4.39 Å². The van der Waals surface area contributed by atoms with E-state index in [4.69, 9.17) is 4.74 Å². The molecule has 0 atom stereocenters. The lowest BCUT2D eigenvalue weighted by molar-refractivity contribution is -0.133. The van der Waals surface area contributed by atoms with E-state index < -0.39 is 11.7 Å². The first-order chi connectivity index (χ1) is 16.9. The zero-order valence-corrected chi connectivity index (χ0v) is 20.7. The van der Waals surface area contributed by atoms with Crippen LogP contribution in [0.25, 0.3) is 0 Å². The van der Waals surface area contributed by atoms with E-state index in [9.17, 15) is 14.0 Å². The Morgan fingerprint density at radius 3 is 2.37 bits per heavy atom. The number of carbonyl (C=O) groups excluding carboxylic acids is 2. The molecular formula is C28H34FN3O3. The van der Waals surface area contributed by atoms with E-state index in [2.05, 4.69) is 16.7 Å². The molecule has 0 saturated heterocycles. The number of methoxy groups -OCH3 is 1. The molecule has 2 amide bonds. The second-order valence-corrected chi connectivity index (χ2v) is 8.98. The number of amides is 2. The van der Waals surface area contributed by atoms with Gasteiger partial charge in [0, 0.05) is 38.6 Å². The third-order valence-corrected chi connectivity index (χ3v) is 5.69. The average Bonchev–Trinajstić information content (AvgIpc) is 3.27. The summed E-state index contributed by atoms with van der Waals surface area (Å²) in [4.78, 5) is 29.7. The summed E-state index contributed by atoms with van der Waals surface area (Å²) in [6, 6.07) is 20.0. The Balaban J connectivity index is 1.78. The molecule has 0 aliphatic heterocycles. The Morgan fingerprint density at radius 2 is 1.69 bits per heavy atom. The van der Waals surface area contributed by atoms with Gasteiger partial charge < -0.3 is 19.1 Å². The molecule has 0 aliphatic rings. The maximum atomic E-state index is 14.3. The van der Waals surface area contributed by atoms with Crippen molar-refractivity contribution in [1.29, 1.82) is 0 Å². The third-order valence-electron chi connectivity index (χ3n) is 5.69. The number of hydrogen-bond acceptors (Lipinski definition) is 3. The highest BCUT2D eigenvalue weighted by Gasteiger charge is 2.25. The maximum absolute atomic E-state index is 14.3. The van der Waals surface area contributed by atoms with Gasteiger partial charge in [-0.2, -0.15) is 0 Å². The van der Waals surface area contributed by atoms with E-state index in [0.717, 1.165) is 5.69 Å². The van der Waals surface area contributed by atoms with Gasteiger partial charge in [0.1, 0.15) is 12.4 Å². The fourth-order valence-corrected chi connectivity index (χ4v) is 3.94. The van der Waals surface area contributed by atoms with Crippen LogP contribution in [0.1, 0.15) is 35.5 Å². The summed E-state index contributed by atoms with van der Waals surface area (Å²) >= 11 is 0. The van der Waals surface area contributed by atoms with Crippen molar-refractivity contribution in [3.8, 4) is 0 Å². The Hall–Kier alpha value is -3.45. The number of rotatable bonds is 12. The number of benzene rings is 2. The fourth-order valence-electron chi connectivity index (χ4n) is 3.94. The van der Waals surface area contributed by atoms with Crippen LogP contribution >= 0.6 is 0 Å². The molecule has 35 heavy (non-hydrogen) atoms. The van der Waals surface area contributed by atoms with Crippen molar-refractivity contribution in [3.05, 3.63) is 95.6 Å². The van der Waals surface area contributed by atoms with Crippen LogP contribution < -0.4 is 0 Å². The molecule has 0 fully saturated rings. The molecule has 0 bridgehead atoms. The van der Waals surface area contributed by atoms with Crippen molar-refractivity contribution in [2.45, 2.75) is 26.9 Å². The quantitative estimate of drug-likeness (QED) is 0.386. The van der Waals surface area contributed by atoms with E-state index >= 15 is 0 Å². The minimum Gasteiger partial charge on any atom is -0.383 e. The van der Waals surface area contributed by atoms with Gasteiger partial charge in [-0.3, -0.25) is 9.59 Å². The van der Waals surface area contributed by atoms with Gasteiger partial charge in [0.2, 0.25) is 5.91 Å². The lowest BCUT2D eigenvalue weighted by Gasteiger charge is -2.29. The summed E-state index contributed by atoms with van der Waals surface area (Å²) in [5.41, 5.74) is 2.12. The first kappa shape index (κ1) is 26.2. The zero-order valence-electron chi connectivity index (χ0n) is 20.7. The lowest BCUT2D eigenvalue weighted by atomic mass is 10.1. The molecule has 0 radical (unpaired) electrons. The molecule has 1 aromatic heterocycles. The second-order valence-electron chi connectivity index (χ2n) is 8.98. The van der Waals surface area contributed by atoms with Gasteiger partial charge >= 0.3 is 0 Å². The number of hydrogen-bond donors (Lipinski definition) is 0. The lowest BCUT2D eigenvalue weighted by Crippen LogP contribution is -2.45. The fraction of sp³-hybridized carbons (Fsp3) is 0.357. The smallest absolute Gasteiger partial charge is 0.257 e. The van der Waals surface area contributed by atoms with Crippen LogP contribution in [0.5, 0.6) is 0 Å². The number of ether oxygens (including phenoxy) is 1. The van der Waals surface area contributed by atoms with Gasteiger partial charge in [0.15, 0.2) is 0 Å². The van der Waals surface area contributed by atoms with E-state index in [0.29, 0.717) is 32.8 Å². The monoisotopic (exact) mass is 479 g/mol. The van der Waals surface area contributed by atoms with Crippen molar-refractivity contribution in [2.24, 2.45) is 5.92 Å². The number of aromatic nitrogens is 1. The van der Waals surface area contributed by atoms with Crippen molar-refractivity contribution in [1.82, 2.24) is 14.4 Å². The first-order valence-corrected chi connectivity index (χ1v) is 11.9. The summed E-state index contributed by atoms with van der Waals surface area (Å²) < 4.78 is 21.7. The first-order valence-electron chi connectivity index (χ1n) is 11.9. The van der Waals surface area contributed by atoms with Crippen LogP contribution in [-0.2, 0) is 22.6 Å². The van der Waals surface area contributed by atoms with Gasteiger partial charge in [-0.1, -0.05) is 56.3 Å². The van der Waals surface area contributed by atoms with Crippen molar-refractivity contribution < 1.29 is 18.7 Å². The van der Waals surface area contributed by atoms with Crippen LogP contribution in [0.3, 0.4) is 0 Å². The molecule has 3 rings (SSSR count). The predicted octanol–water partition coefficient (Wildman–Crippen LogP) is 4.45. The average molecular weight is 480 g/mol. The molecule has 0 aliphatic carbocycles. The Labute approximate surface area is 206 Å². The normalized spacial score (nSPS) is 11.0.